The monoisotopic (exact) mass is 376 g/mol. The summed E-state index contributed by atoms with van der Waals surface area (Å²) in [6.07, 6.45) is 0. The molecule has 0 unspecified atom stereocenters. The number of ether oxygens (including phenoxy) is 2. The van der Waals surface area contributed by atoms with Gasteiger partial charge in [-0.1, -0.05) is 30.3 Å². The lowest BCUT2D eigenvalue weighted by atomic mass is 9.87. The number of benzene rings is 2. The van der Waals surface area contributed by atoms with Gasteiger partial charge in [-0.25, -0.2) is 4.79 Å². The van der Waals surface area contributed by atoms with Gasteiger partial charge in [0.15, 0.2) is 0 Å². The van der Waals surface area contributed by atoms with Crippen LogP contribution in [0.15, 0.2) is 48.5 Å². The molecule has 1 aliphatic rings. The van der Waals surface area contributed by atoms with Crippen molar-refractivity contribution in [3.8, 4) is 17.0 Å². The van der Waals surface area contributed by atoms with Crippen molar-refractivity contribution in [2.45, 2.75) is 12.8 Å². The van der Waals surface area contributed by atoms with E-state index in [0.29, 0.717) is 28.3 Å². The van der Waals surface area contributed by atoms with Crippen LogP contribution in [0.25, 0.3) is 11.3 Å². The third kappa shape index (κ3) is 2.65. The molecule has 0 radical (unpaired) electrons. The van der Waals surface area contributed by atoms with Gasteiger partial charge in [-0.3, -0.25) is 4.79 Å². The Morgan fingerprint density at radius 3 is 2.50 bits per heavy atom. The molecule has 0 fully saturated rings. The lowest BCUT2D eigenvalue weighted by molar-refractivity contribution is -0.116. The molecule has 0 saturated heterocycles. The molecule has 28 heavy (non-hydrogen) atoms. The average Bonchev–Trinajstić information content (AvgIpc) is 3.22. The van der Waals surface area contributed by atoms with E-state index >= 15 is 0 Å². The molecule has 2 heterocycles. The Balaban J connectivity index is 2.03. The van der Waals surface area contributed by atoms with E-state index in [2.05, 4.69) is 10.3 Å². The van der Waals surface area contributed by atoms with E-state index in [9.17, 15) is 9.59 Å². The number of carbonyl (C=O) groups is 2. The number of nitrogens with one attached hydrogen (secondary N) is 2. The molecule has 0 bridgehead atoms. The number of rotatable bonds is 4. The molecule has 0 aliphatic carbocycles. The Morgan fingerprint density at radius 2 is 1.75 bits per heavy atom. The number of esters is 1. The molecule has 1 aliphatic heterocycles. The Kier molecular flexibility index (Phi) is 4.39. The van der Waals surface area contributed by atoms with E-state index < -0.39 is 11.9 Å². The Bertz CT molecular complexity index is 1080. The van der Waals surface area contributed by atoms with Crippen LogP contribution in [-0.2, 0) is 9.53 Å². The number of methoxy groups -OCH3 is 2. The summed E-state index contributed by atoms with van der Waals surface area (Å²) in [6, 6.07) is 15.0. The third-order valence-electron chi connectivity index (χ3n) is 5.07. The van der Waals surface area contributed by atoms with Gasteiger partial charge in [0, 0.05) is 22.5 Å². The fourth-order valence-electron chi connectivity index (χ4n) is 3.86. The molecule has 1 amide bonds. The second-order valence-corrected chi connectivity index (χ2v) is 6.62. The lowest BCUT2D eigenvalue weighted by Gasteiger charge is -2.15. The number of aromatic amines is 1. The van der Waals surface area contributed by atoms with E-state index in [-0.39, 0.29) is 5.91 Å². The molecule has 4 rings (SSSR count). The number of fused-ring (bicyclic) bond motifs is 1. The first kappa shape index (κ1) is 17.9. The van der Waals surface area contributed by atoms with Gasteiger partial charge in [0.2, 0.25) is 5.91 Å². The molecule has 2 N–H and O–H groups in total. The first-order valence-corrected chi connectivity index (χ1v) is 8.90. The molecule has 142 valence electrons. The molecule has 0 saturated carbocycles. The zero-order valence-corrected chi connectivity index (χ0v) is 15.8. The maximum absolute atomic E-state index is 12.9. The number of hydrogen-bond acceptors (Lipinski definition) is 4. The Morgan fingerprint density at radius 1 is 1.04 bits per heavy atom. The van der Waals surface area contributed by atoms with Crippen molar-refractivity contribution in [2.75, 3.05) is 19.5 Å². The van der Waals surface area contributed by atoms with Crippen LogP contribution in [-0.4, -0.2) is 31.1 Å². The SMILES string of the molecule is COC(=O)c1c(C)[nH]c(-c2ccccc2OC)c1[C@H]1C(=O)Nc2ccccc21. The zero-order chi connectivity index (χ0) is 19.8. The van der Waals surface area contributed by atoms with Gasteiger partial charge in [-0.05, 0) is 30.7 Å². The predicted molar refractivity (Wildman–Crippen MR) is 106 cm³/mol. The molecule has 3 aromatic rings. The van der Waals surface area contributed by atoms with E-state index in [1.807, 2.05) is 48.5 Å². The van der Waals surface area contributed by atoms with E-state index in [1.165, 1.54) is 7.11 Å². The van der Waals surface area contributed by atoms with Gasteiger partial charge < -0.3 is 19.8 Å². The number of amides is 1. The van der Waals surface area contributed by atoms with Gasteiger partial charge in [-0.2, -0.15) is 0 Å². The number of hydrogen-bond donors (Lipinski definition) is 2. The highest BCUT2D eigenvalue weighted by Crippen LogP contribution is 2.45. The largest absolute Gasteiger partial charge is 0.496 e. The molecule has 2 aromatic carbocycles. The number of carbonyl (C=O) groups excluding carboxylic acids is 2. The molecular weight excluding hydrogens is 356 g/mol. The summed E-state index contributed by atoms with van der Waals surface area (Å²) >= 11 is 0. The van der Waals surface area contributed by atoms with Crippen LogP contribution < -0.4 is 10.1 Å². The van der Waals surface area contributed by atoms with Crippen molar-refractivity contribution < 1.29 is 19.1 Å². The van der Waals surface area contributed by atoms with Gasteiger partial charge in [0.25, 0.3) is 0 Å². The van der Waals surface area contributed by atoms with E-state index in [4.69, 9.17) is 9.47 Å². The van der Waals surface area contributed by atoms with E-state index in [1.54, 1.807) is 14.0 Å². The molecule has 1 atom stereocenters. The first-order valence-electron chi connectivity index (χ1n) is 8.90. The minimum atomic E-state index is -0.629. The summed E-state index contributed by atoms with van der Waals surface area (Å²) in [5, 5.41) is 2.91. The minimum absolute atomic E-state index is 0.179. The number of anilines is 1. The van der Waals surface area contributed by atoms with Gasteiger partial charge in [-0.15, -0.1) is 0 Å². The summed E-state index contributed by atoms with van der Waals surface area (Å²) in [5.41, 5.74) is 4.63. The number of para-hydroxylation sites is 2. The van der Waals surface area contributed by atoms with Crippen molar-refractivity contribution in [2.24, 2.45) is 0 Å². The normalized spacial score (nSPS) is 15.1. The number of aromatic nitrogens is 1. The minimum Gasteiger partial charge on any atom is -0.496 e. The second-order valence-electron chi connectivity index (χ2n) is 6.62. The Labute approximate surface area is 162 Å². The van der Waals surface area contributed by atoms with Crippen LogP contribution in [0.1, 0.15) is 33.1 Å². The number of H-pyrrole nitrogens is 1. The fourth-order valence-corrected chi connectivity index (χ4v) is 3.86. The van der Waals surface area contributed by atoms with Gasteiger partial charge in [0.05, 0.1) is 31.4 Å². The summed E-state index contributed by atoms with van der Waals surface area (Å²) in [7, 11) is 2.93. The molecule has 6 heteroatoms. The predicted octanol–water partition coefficient (Wildman–Crippen LogP) is 3.87. The first-order chi connectivity index (χ1) is 13.6. The highest BCUT2D eigenvalue weighted by atomic mass is 16.5. The third-order valence-corrected chi connectivity index (χ3v) is 5.07. The molecule has 0 spiro atoms. The standard InChI is InChI=1S/C22H20N2O4/c1-12-17(22(26)28-3)19(18-13-8-4-6-10-15(13)24-21(18)25)20(23-12)14-9-5-7-11-16(14)27-2/h4-11,18,23H,1-3H3,(H,24,25)/t18-/m0/s1. The van der Waals surface area contributed by atoms with Crippen molar-refractivity contribution in [3.05, 3.63) is 70.9 Å². The summed E-state index contributed by atoms with van der Waals surface area (Å²) in [4.78, 5) is 28.8. The van der Waals surface area contributed by atoms with Crippen LogP contribution in [0, 0.1) is 6.92 Å². The van der Waals surface area contributed by atoms with Crippen LogP contribution in [0.4, 0.5) is 5.69 Å². The summed E-state index contributed by atoms with van der Waals surface area (Å²) < 4.78 is 10.5. The highest BCUT2D eigenvalue weighted by molar-refractivity contribution is 6.08. The van der Waals surface area contributed by atoms with Crippen molar-refractivity contribution in [3.63, 3.8) is 0 Å². The van der Waals surface area contributed by atoms with Crippen LogP contribution in [0.5, 0.6) is 5.75 Å². The van der Waals surface area contributed by atoms with Crippen LogP contribution >= 0.6 is 0 Å². The van der Waals surface area contributed by atoms with Crippen molar-refractivity contribution in [1.29, 1.82) is 0 Å². The maximum atomic E-state index is 12.9. The summed E-state index contributed by atoms with van der Waals surface area (Å²) in [5.74, 6) is -0.646. The lowest BCUT2D eigenvalue weighted by Crippen LogP contribution is -2.17. The molecule has 1 aromatic heterocycles. The fraction of sp³-hybridized carbons (Fsp3) is 0.182. The maximum Gasteiger partial charge on any atom is 0.340 e. The second kappa shape index (κ2) is 6.88. The zero-order valence-electron chi connectivity index (χ0n) is 15.8. The Hall–Kier alpha value is -3.54. The highest BCUT2D eigenvalue weighted by Gasteiger charge is 2.38. The van der Waals surface area contributed by atoms with Crippen LogP contribution in [0.2, 0.25) is 0 Å². The number of aryl methyl sites for hydroxylation is 1. The smallest absolute Gasteiger partial charge is 0.340 e. The summed E-state index contributed by atoms with van der Waals surface area (Å²) in [6.45, 7) is 1.80. The quantitative estimate of drug-likeness (QED) is 0.678. The van der Waals surface area contributed by atoms with Gasteiger partial charge >= 0.3 is 5.97 Å². The molecule has 6 nitrogen and oxygen atoms in total. The van der Waals surface area contributed by atoms with Crippen LogP contribution in [0.3, 0.4) is 0 Å². The van der Waals surface area contributed by atoms with Crippen molar-refractivity contribution >= 4 is 17.6 Å². The molecular formula is C22H20N2O4. The van der Waals surface area contributed by atoms with Gasteiger partial charge in [0.1, 0.15) is 5.75 Å². The van der Waals surface area contributed by atoms with E-state index in [0.717, 1.165) is 16.8 Å². The van der Waals surface area contributed by atoms with Crippen molar-refractivity contribution in [1.82, 2.24) is 4.98 Å². The average molecular weight is 376 g/mol. The topological polar surface area (TPSA) is 80.4 Å².